The van der Waals surface area contributed by atoms with Crippen LogP contribution < -0.4 is 5.73 Å². The van der Waals surface area contributed by atoms with Crippen molar-refractivity contribution in [2.75, 3.05) is 0 Å². The van der Waals surface area contributed by atoms with Crippen LogP contribution in [-0.4, -0.2) is 4.98 Å². The molecule has 2 N–H and O–H groups in total. The fraction of sp³-hybridized carbons (Fsp3) is 0.400. The average Bonchev–Trinajstić information content (AvgIpc) is 2.77. The van der Waals surface area contributed by atoms with Gasteiger partial charge in [-0.15, -0.1) is 0 Å². The molecule has 0 radical (unpaired) electrons. The smallest absolute Gasteiger partial charge is 0.0709 e. The zero-order valence-electron chi connectivity index (χ0n) is 10.5. The molecule has 3 rings (SSSR count). The summed E-state index contributed by atoms with van der Waals surface area (Å²) in [6, 6.07) is 7.99. The van der Waals surface area contributed by atoms with Crippen LogP contribution in [0.2, 0.25) is 5.02 Å². The molecule has 1 fully saturated rings. The minimum atomic E-state index is -0.198. The highest BCUT2D eigenvalue weighted by molar-refractivity contribution is 6.31. The summed E-state index contributed by atoms with van der Waals surface area (Å²) in [5.41, 5.74) is 9.63. The van der Waals surface area contributed by atoms with Gasteiger partial charge in [0, 0.05) is 21.6 Å². The van der Waals surface area contributed by atoms with Crippen molar-refractivity contribution in [1.82, 2.24) is 4.98 Å². The summed E-state index contributed by atoms with van der Waals surface area (Å²) in [5.74, 6) is 0. The van der Waals surface area contributed by atoms with Gasteiger partial charge in [-0.05, 0) is 49.6 Å². The molecule has 1 heterocycles. The maximum atomic E-state index is 6.59. The van der Waals surface area contributed by atoms with Crippen molar-refractivity contribution in [3.63, 3.8) is 0 Å². The van der Waals surface area contributed by atoms with Gasteiger partial charge in [0.2, 0.25) is 0 Å². The summed E-state index contributed by atoms with van der Waals surface area (Å²) >= 11 is 6.11. The van der Waals surface area contributed by atoms with Gasteiger partial charge < -0.3 is 5.73 Å². The molecule has 18 heavy (non-hydrogen) atoms. The molecule has 1 aliphatic rings. The summed E-state index contributed by atoms with van der Waals surface area (Å²) in [7, 11) is 0. The third-order valence-corrected chi connectivity index (χ3v) is 4.17. The molecular formula is C15H17ClN2. The molecule has 0 amide bonds. The Morgan fingerprint density at radius 3 is 2.67 bits per heavy atom. The van der Waals surface area contributed by atoms with Crippen molar-refractivity contribution in [3.05, 3.63) is 40.5 Å². The van der Waals surface area contributed by atoms with Crippen molar-refractivity contribution in [2.45, 2.75) is 38.1 Å². The minimum Gasteiger partial charge on any atom is -0.321 e. The molecule has 1 aliphatic carbocycles. The van der Waals surface area contributed by atoms with Crippen LogP contribution in [0.4, 0.5) is 0 Å². The molecule has 0 unspecified atom stereocenters. The zero-order valence-corrected chi connectivity index (χ0v) is 11.3. The number of aryl methyl sites for hydroxylation is 1. The lowest BCUT2D eigenvalue weighted by Crippen LogP contribution is -2.33. The molecule has 1 aromatic carbocycles. The van der Waals surface area contributed by atoms with Gasteiger partial charge >= 0.3 is 0 Å². The van der Waals surface area contributed by atoms with Gasteiger partial charge in [0.1, 0.15) is 0 Å². The first-order valence-electron chi connectivity index (χ1n) is 6.45. The second-order valence-corrected chi connectivity index (χ2v) is 5.77. The molecular weight excluding hydrogens is 244 g/mol. The van der Waals surface area contributed by atoms with Gasteiger partial charge in [0.05, 0.1) is 5.52 Å². The maximum Gasteiger partial charge on any atom is 0.0709 e. The van der Waals surface area contributed by atoms with Crippen molar-refractivity contribution in [1.29, 1.82) is 0 Å². The molecule has 0 spiro atoms. The maximum absolute atomic E-state index is 6.59. The molecule has 94 valence electrons. The molecule has 2 aromatic rings. The van der Waals surface area contributed by atoms with E-state index in [4.69, 9.17) is 17.3 Å². The van der Waals surface area contributed by atoms with E-state index in [1.165, 1.54) is 18.4 Å². The predicted octanol–water partition coefficient (Wildman–Crippen LogP) is 3.92. The van der Waals surface area contributed by atoms with Gasteiger partial charge in [-0.3, -0.25) is 4.98 Å². The fourth-order valence-electron chi connectivity index (χ4n) is 3.02. The number of nitrogens with two attached hydrogens (primary N) is 1. The number of rotatable bonds is 1. The summed E-state index contributed by atoms with van der Waals surface area (Å²) in [6.07, 6.45) is 4.52. The summed E-state index contributed by atoms with van der Waals surface area (Å²) < 4.78 is 0. The van der Waals surface area contributed by atoms with Crippen LogP contribution in [0, 0.1) is 6.92 Å². The normalized spacial score (nSPS) is 18.4. The van der Waals surface area contributed by atoms with E-state index in [9.17, 15) is 0 Å². The number of hydrogen-bond donors (Lipinski definition) is 1. The molecule has 0 atom stereocenters. The second-order valence-electron chi connectivity index (χ2n) is 5.34. The van der Waals surface area contributed by atoms with Gasteiger partial charge in [0.25, 0.3) is 0 Å². The molecule has 2 nitrogen and oxygen atoms in total. The van der Waals surface area contributed by atoms with E-state index >= 15 is 0 Å². The van der Waals surface area contributed by atoms with Crippen LogP contribution in [0.25, 0.3) is 10.9 Å². The van der Waals surface area contributed by atoms with E-state index in [2.05, 4.69) is 11.1 Å². The quantitative estimate of drug-likeness (QED) is 0.844. The van der Waals surface area contributed by atoms with Gasteiger partial charge in [0.15, 0.2) is 0 Å². The van der Waals surface area contributed by atoms with Crippen molar-refractivity contribution >= 4 is 22.5 Å². The third-order valence-electron chi connectivity index (χ3n) is 3.93. The lowest BCUT2D eigenvalue weighted by atomic mass is 9.86. The molecule has 1 saturated carbocycles. The van der Waals surface area contributed by atoms with Crippen molar-refractivity contribution in [2.24, 2.45) is 5.73 Å². The highest BCUT2D eigenvalue weighted by Gasteiger charge is 2.32. The number of aromatic nitrogens is 1. The largest absolute Gasteiger partial charge is 0.321 e. The number of halogens is 1. The lowest BCUT2D eigenvalue weighted by Gasteiger charge is -2.26. The molecule has 3 heteroatoms. The Labute approximate surface area is 112 Å². The van der Waals surface area contributed by atoms with Crippen LogP contribution in [0.15, 0.2) is 24.3 Å². The van der Waals surface area contributed by atoms with E-state index in [1.54, 1.807) is 0 Å². The van der Waals surface area contributed by atoms with Crippen molar-refractivity contribution in [3.8, 4) is 0 Å². The summed E-state index contributed by atoms with van der Waals surface area (Å²) in [6.45, 7) is 2.02. The van der Waals surface area contributed by atoms with Gasteiger partial charge in [-0.25, -0.2) is 0 Å². The van der Waals surface area contributed by atoms with Crippen LogP contribution >= 0.6 is 11.6 Å². The minimum absolute atomic E-state index is 0.198. The highest BCUT2D eigenvalue weighted by Crippen LogP contribution is 2.39. The number of fused-ring (bicyclic) bond motifs is 1. The number of benzene rings is 1. The van der Waals surface area contributed by atoms with E-state index < -0.39 is 0 Å². The first-order chi connectivity index (χ1) is 8.58. The Morgan fingerprint density at radius 1 is 1.22 bits per heavy atom. The number of pyridine rings is 1. The van der Waals surface area contributed by atoms with Crippen LogP contribution in [0.5, 0.6) is 0 Å². The number of nitrogens with zero attached hydrogens (tertiary/aromatic N) is 1. The van der Waals surface area contributed by atoms with Gasteiger partial charge in [-0.1, -0.05) is 24.4 Å². The fourth-order valence-corrected chi connectivity index (χ4v) is 3.19. The first kappa shape index (κ1) is 11.9. The number of hydrogen-bond acceptors (Lipinski definition) is 2. The van der Waals surface area contributed by atoms with Crippen molar-refractivity contribution < 1.29 is 0 Å². The molecule has 1 aromatic heterocycles. The van der Waals surface area contributed by atoms with E-state index in [1.807, 2.05) is 25.1 Å². The molecule has 0 saturated heterocycles. The van der Waals surface area contributed by atoms with E-state index in [-0.39, 0.29) is 5.54 Å². The van der Waals surface area contributed by atoms with Gasteiger partial charge in [-0.2, -0.15) is 0 Å². The predicted molar refractivity (Wildman–Crippen MR) is 75.8 cm³/mol. The van der Waals surface area contributed by atoms with Crippen LogP contribution in [-0.2, 0) is 5.54 Å². The Hall–Kier alpha value is -1.12. The Bertz CT molecular complexity index is 601. The monoisotopic (exact) mass is 260 g/mol. The van der Waals surface area contributed by atoms with E-state index in [0.29, 0.717) is 0 Å². The Kier molecular flexibility index (Phi) is 2.80. The summed E-state index contributed by atoms with van der Waals surface area (Å²) in [5, 5.41) is 1.86. The van der Waals surface area contributed by atoms with E-state index in [0.717, 1.165) is 34.5 Å². The first-order valence-corrected chi connectivity index (χ1v) is 6.83. The van der Waals surface area contributed by atoms with Crippen LogP contribution in [0.1, 0.15) is 36.9 Å². The SMILES string of the molecule is Cc1cc(C2(N)CCCC2)c2cc(Cl)ccc2n1. The van der Waals surface area contributed by atoms with Crippen LogP contribution in [0.3, 0.4) is 0 Å². The topological polar surface area (TPSA) is 38.9 Å². The highest BCUT2D eigenvalue weighted by atomic mass is 35.5. The third kappa shape index (κ3) is 1.90. The second kappa shape index (κ2) is 4.22. The lowest BCUT2D eigenvalue weighted by molar-refractivity contribution is 0.465. The Morgan fingerprint density at radius 2 is 1.94 bits per heavy atom. The standard InChI is InChI=1S/C15H17ClN2/c1-10-8-13(15(17)6-2-3-7-15)12-9-11(16)4-5-14(12)18-10/h4-5,8-9H,2-3,6-7,17H2,1H3. The Balaban J connectivity index is 2.29. The average molecular weight is 261 g/mol. The zero-order chi connectivity index (χ0) is 12.8. The molecule has 0 bridgehead atoms. The summed E-state index contributed by atoms with van der Waals surface area (Å²) in [4.78, 5) is 4.57. The molecule has 0 aliphatic heterocycles.